The van der Waals surface area contributed by atoms with Gasteiger partial charge in [-0.15, -0.1) is 0 Å². The maximum Gasteiger partial charge on any atom is 0.191 e. The first-order valence-corrected chi connectivity index (χ1v) is 6.28. The summed E-state index contributed by atoms with van der Waals surface area (Å²) < 4.78 is 0. The molecule has 0 aliphatic carbocycles. The fourth-order valence-electron chi connectivity index (χ4n) is 1.69. The molecule has 2 rings (SSSR count). The summed E-state index contributed by atoms with van der Waals surface area (Å²) in [5.74, 6) is 6.75. The summed E-state index contributed by atoms with van der Waals surface area (Å²) in [5.41, 5.74) is 2.52. The quantitative estimate of drug-likeness (QED) is 0.298. The van der Waals surface area contributed by atoms with Crippen LogP contribution in [0.1, 0.15) is 6.42 Å². The van der Waals surface area contributed by atoms with Gasteiger partial charge in [0.05, 0.1) is 6.10 Å². The molecule has 0 radical (unpaired) electrons. The molecule has 0 spiro atoms. The van der Waals surface area contributed by atoms with Crippen LogP contribution in [0.25, 0.3) is 0 Å². The molecule has 1 aromatic rings. The van der Waals surface area contributed by atoms with Crippen molar-refractivity contribution >= 4 is 23.4 Å². The van der Waals surface area contributed by atoms with Crippen LogP contribution in [0.2, 0.25) is 0 Å². The highest BCUT2D eigenvalue weighted by molar-refractivity contribution is 7.98. The number of aromatic nitrogens is 2. The van der Waals surface area contributed by atoms with Crippen LogP contribution in [0, 0.1) is 0 Å². The van der Waals surface area contributed by atoms with Crippen molar-refractivity contribution < 1.29 is 5.11 Å². The van der Waals surface area contributed by atoms with E-state index < -0.39 is 0 Å². The van der Waals surface area contributed by atoms with Gasteiger partial charge in [0, 0.05) is 19.2 Å². The fraction of sp³-hybridized carbons (Fsp3) is 0.556. The summed E-state index contributed by atoms with van der Waals surface area (Å²) in [6.45, 7) is 1.44. The zero-order valence-electron chi connectivity index (χ0n) is 9.05. The number of nitrogens with one attached hydrogen (secondary N) is 1. The van der Waals surface area contributed by atoms with Gasteiger partial charge in [0.1, 0.15) is 11.6 Å². The third kappa shape index (κ3) is 2.37. The van der Waals surface area contributed by atoms with Crippen molar-refractivity contribution in [3.8, 4) is 0 Å². The van der Waals surface area contributed by atoms with Gasteiger partial charge in [0.25, 0.3) is 0 Å². The van der Waals surface area contributed by atoms with Gasteiger partial charge in [-0.25, -0.2) is 15.8 Å². The highest BCUT2D eigenvalue weighted by Gasteiger charge is 2.22. The Kier molecular flexibility index (Phi) is 3.47. The zero-order chi connectivity index (χ0) is 11.5. The predicted molar refractivity (Wildman–Crippen MR) is 64.5 cm³/mol. The van der Waals surface area contributed by atoms with Crippen LogP contribution < -0.4 is 16.2 Å². The minimum atomic E-state index is -0.262. The van der Waals surface area contributed by atoms with Crippen LogP contribution in [-0.2, 0) is 0 Å². The Morgan fingerprint density at radius 2 is 2.44 bits per heavy atom. The first kappa shape index (κ1) is 11.4. The Morgan fingerprint density at radius 3 is 3.00 bits per heavy atom. The Morgan fingerprint density at radius 1 is 1.62 bits per heavy atom. The van der Waals surface area contributed by atoms with E-state index in [1.54, 1.807) is 6.07 Å². The SMILES string of the molecule is CSc1nc(NN)cc(N2CCC(O)C2)n1. The van der Waals surface area contributed by atoms with Crippen molar-refractivity contribution in [1.29, 1.82) is 0 Å². The number of β-amino-alcohol motifs (C(OH)–C–C–N with tert-alkyl or cyclic N) is 1. The molecule has 1 aromatic heterocycles. The van der Waals surface area contributed by atoms with Gasteiger partial charge in [-0.1, -0.05) is 11.8 Å². The van der Waals surface area contributed by atoms with E-state index >= 15 is 0 Å². The number of aliphatic hydroxyl groups is 1. The molecule has 2 heterocycles. The number of nitrogen functional groups attached to an aromatic ring is 1. The molecule has 88 valence electrons. The number of hydrogen-bond donors (Lipinski definition) is 3. The Balaban J connectivity index is 2.25. The second-order valence-electron chi connectivity index (χ2n) is 3.63. The van der Waals surface area contributed by atoms with Gasteiger partial charge >= 0.3 is 0 Å². The summed E-state index contributed by atoms with van der Waals surface area (Å²) in [7, 11) is 0. The maximum absolute atomic E-state index is 9.48. The smallest absolute Gasteiger partial charge is 0.191 e. The van der Waals surface area contributed by atoms with Crippen LogP contribution >= 0.6 is 11.8 Å². The van der Waals surface area contributed by atoms with E-state index in [0.717, 1.165) is 18.8 Å². The molecule has 1 fully saturated rings. The third-order valence-corrected chi connectivity index (χ3v) is 3.06. The van der Waals surface area contributed by atoms with Crippen molar-refractivity contribution in [2.24, 2.45) is 5.84 Å². The lowest BCUT2D eigenvalue weighted by Crippen LogP contribution is -2.23. The number of nitrogens with two attached hydrogens (primary N) is 1. The van der Waals surface area contributed by atoms with Crippen molar-refractivity contribution in [1.82, 2.24) is 9.97 Å². The molecule has 0 aromatic carbocycles. The fourth-order valence-corrected chi connectivity index (χ4v) is 2.06. The van der Waals surface area contributed by atoms with E-state index in [2.05, 4.69) is 15.4 Å². The van der Waals surface area contributed by atoms with Crippen molar-refractivity contribution in [2.75, 3.05) is 29.7 Å². The second kappa shape index (κ2) is 4.86. The van der Waals surface area contributed by atoms with Crippen molar-refractivity contribution in [3.05, 3.63) is 6.07 Å². The number of hydrogen-bond acceptors (Lipinski definition) is 7. The molecule has 1 atom stereocenters. The van der Waals surface area contributed by atoms with Crippen LogP contribution in [-0.4, -0.2) is 40.5 Å². The molecule has 1 aliphatic rings. The lowest BCUT2D eigenvalue weighted by atomic mass is 10.3. The molecule has 1 unspecified atom stereocenters. The summed E-state index contributed by atoms with van der Waals surface area (Å²) in [4.78, 5) is 10.6. The van der Waals surface area contributed by atoms with Crippen LogP contribution in [0.4, 0.5) is 11.6 Å². The second-order valence-corrected chi connectivity index (χ2v) is 4.40. The van der Waals surface area contributed by atoms with Gasteiger partial charge in [-0.05, 0) is 12.7 Å². The predicted octanol–water partition coefficient (Wildman–Crippen LogP) is 0.0551. The van der Waals surface area contributed by atoms with Crippen LogP contribution in [0.5, 0.6) is 0 Å². The largest absolute Gasteiger partial charge is 0.391 e. The Labute approximate surface area is 98.2 Å². The number of nitrogens with zero attached hydrogens (tertiary/aromatic N) is 3. The highest BCUT2D eigenvalue weighted by atomic mass is 32.2. The molecule has 1 aliphatic heterocycles. The van der Waals surface area contributed by atoms with Crippen molar-refractivity contribution in [2.45, 2.75) is 17.7 Å². The molecule has 6 nitrogen and oxygen atoms in total. The van der Waals surface area contributed by atoms with Crippen molar-refractivity contribution in [3.63, 3.8) is 0 Å². The summed E-state index contributed by atoms with van der Waals surface area (Å²) >= 11 is 1.47. The van der Waals surface area contributed by atoms with E-state index in [-0.39, 0.29) is 6.10 Å². The van der Waals surface area contributed by atoms with Crippen LogP contribution in [0.15, 0.2) is 11.2 Å². The minimum Gasteiger partial charge on any atom is -0.391 e. The third-order valence-electron chi connectivity index (χ3n) is 2.51. The van der Waals surface area contributed by atoms with Gasteiger partial charge < -0.3 is 15.4 Å². The van der Waals surface area contributed by atoms with Gasteiger partial charge in [-0.3, -0.25) is 0 Å². The topological polar surface area (TPSA) is 87.3 Å². The van der Waals surface area contributed by atoms with E-state index in [1.165, 1.54) is 11.8 Å². The number of aliphatic hydroxyl groups excluding tert-OH is 1. The normalized spacial score (nSPS) is 20.2. The summed E-state index contributed by atoms with van der Waals surface area (Å²) in [5, 5.41) is 10.2. The van der Waals surface area contributed by atoms with Crippen LogP contribution in [0.3, 0.4) is 0 Å². The van der Waals surface area contributed by atoms with E-state index in [1.807, 2.05) is 11.2 Å². The zero-order valence-corrected chi connectivity index (χ0v) is 9.87. The molecule has 0 bridgehead atoms. The monoisotopic (exact) mass is 241 g/mol. The van der Waals surface area contributed by atoms with E-state index in [9.17, 15) is 5.11 Å². The van der Waals surface area contributed by atoms with E-state index in [4.69, 9.17) is 5.84 Å². The number of rotatable bonds is 3. The first-order chi connectivity index (χ1) is 7.72. The lowest BCUT2D eigenvalue weighted by molar-refractivity contribution is 0.198. The molecule has 0 saturated carbocycles. The first-order valence-electron chi connectivity index (χ1n) is 5.05. The van der Waals surface area contributed by atoms with Gasteiger partial charge in [-0.2, -0.15) is 0 Å². The van der Waals surface area contributed by atoms with Gasteiger partial charge in [0.15, 0.2) is 5.16 Å². The number of anilines is 2. The maximum atomic E-state index is 9.48. The molecule has 1 saturated heterocycles. The highest BCUT2D eigenvalue weighted by Crippen LogP contribution is 2.23. The molecule has 7 heteroatoms. The average molecular weight is 241 g/mol. The molecule has 16 heavy (non-hydrogen) atoms. The van der Waals surface area contributed by atoms with E-state index in [0.29, 0.717) is 17.5 Å². The molecular formula is C9H15N5OS. The Hall–Kier alpha value is -1.05. The Bertz CT molecular complexity index is 353. The lowest BCUT2D eigenvalue weighted by Gasteiger charge is -2.17. The summed E-state index contributed by atoms with van der Waals surface area (Å²) in [6.07, 6.45) is 2.43. The molecule has 4 N–H and O–H groups in total. The standard InChI is InChI=1S/C9H15N5OS/c1-16-9-11-7(13-10)4-8(12-9)14-3-2-6(15)5-14/h4,6,15H,2-3,5,10H2,1H3,(H,11,12,13). The molecule has 0 amide bonds. The molecular weight excluding hydrogens is 226 g/mol. The average Bonchev–Trinajstić information content (AvgIpc) is 2.75. The number of thioether (sulfide) groups is 1. The number of hydrazine groups is 1. The summed E-state index contributed by atoms with van der Waals surface area (Å²) in [6, 6.07) is 1.79. The minimum absolute atomic E-state index is 0.262. The van der Waals surface area contributed by atoms with Gasteiger partial charge in [0.2, 0.25) is 0 Å².